The summed E-state index contributed by atoms with van der Waals surface area (Å²) in [7, 11) is 1.57. The van der Waals surface area contributed by atoms with Crippen LogP contribution in [0.4, 0.5) is 10.1 Å². The zero-order valence-electron chi connectivity index (χ0n) is 10.9. The smallest absolute Gasteiger partial charge is 0.340 e. The number of hydrogen-bond acceptors (Lipinski definition) is 3. The van der Waals surface area contributed by atoms with E-state index in [4.69, 9.17) is 9.84 Å². The number of ether oxygens (including phenoxy) is 1. The lowest BCUT2D eigenvalue weighted by molar-refractivity contribution is 0.0693. The first-order valence-corrected chi connectivity index (χ1v) is 6.00. The van der Waals surface area contributed by atoms with Crippen LogP contribution in [-0.4, -0.2) is 18.2 Å². The van der Waals surface area contributed by atoms with Crippen LogP contribution in [0.1, 0.15) is 15.9 Å². The van der Waals surface area contributed by atoms with Crippen molar-refractivity contribution >= 4 is 11.7 Å². The topological polar surface area (TPSA) is 58.6 Å². The molecule has 0 spiro atoms. The Morgan fingerprint density at radius 1 is 1.30 bits per heavy atom. The van der Waals surface area contributed by atoms with Crippen molar-refractivity contribution in [3.05, 3.63) is 59.4 Å². The van der Waals surface area contributed by atoms with Crippen molar-refractivity contribution in [1.82, 2.24) is 0 Å². The highest BCUT2D eigenvalue weighted by Gasteiger charge is 2.15. The number of halogens is 1. The van der Waals surface area contributed by atoms with Gasteiger partial charge in [-0.25, -0.2) is 9.18 Å². The standard InChI is InChI=1S/C15H14FNO3/c1-20-11-5-2-4-10(8-11)9-17-13-7-3-6-12(16)14(13)15(18)19/h2-8,17H,9H2,1H3,(H,18,19). The van der Waals surface area contributed by atoms with E-state index in [1.54, 1.807) is 7.11 Å². The summed E-state index contributed by atoms with van der Waals surface area (Å²) in [6.07, 6.45) is 0. The van der Waals surface area contributed by atoms with Gasteiger partial charge in [0.15, 0.2) is 0 Å². The number of methoxy groups -OCH3 is 1. The minimum atomic E-state index is -1.30. The Labute approximate surface area is 115 Å². The molecule has 0 atom stereocenters. The summed E-state index contributed by atoms with van der Waals surface area (Å²) in [5, 5.41) is 12.0. The molecular weight excluding hydrogens is 261 g/mol. The molecule has 0 aliphatic heterocycles. The van der Waals surface area contributed by atoms with Crippen LogP contribution in [0.5, 0.6) is 5.75 Å². The molecule has 5 heteroatoms. The maximum absolute atomic E-state index is 13.5. The number of hydrogen-bond donors (Lipinski definition) is 2. The molecule has 0 amide bonds. The fourth-order valence-corrected chi connectivity index (χ4v) is 1.87. The molecule has 0 fully saturated rings. The maximum atomic E-state index is 13.5. The Kier molecular flexibility index (Phi) is 4.20. The molecular formula is C15H14FNO3. The molecule has 2 aromatic carbocycles. The van der Waals surface area contributed by atoms with Crippen LogP contribution in [0.15, 0.2) is 42.5 Å². The summed E-state index contributed by atoms with van der Waals surface area (Å²) in [4.78, 5) is 11.1. The van der Waals surface area contributed by atoms with Crippen molar-refractivity contribution in [2.45, 2.75) is 6.54 Å². The zero-order chi connectivity index (χ0) is 14.5. The van der Waals surface area contributed by atoms with Gasteiger partial charge in [0.05, 0.1) is 12.8 Å². The summed E-state index contributed by atoms with van der Waals surface area (Å²) in [6.45, 7) is 0.376. The number of benzene rings is 2. The molecule has 0 aliphatic carbocycles. The summed E-state index contributed by atoms with van der Waals surface area (Å²) in [6, 6.07) is 11.5. The zero-order valence-corrected chi connectivity index (χ0v) is 10.9. The van der Waals surface area contributed by atoms with E-state index in [9.17, 15) is 9.18 Å². The summed E-state index contributed by atoms with van der Waals surface area (Å²) in [5.41, 5.74) is 0.806. The lowest BCUT2D eigenvalue weighted by Gasteiger charge is -2.11. The first-order chi connectivity index (χ1) is 9.61. The monoisotopic (exact) mass is 275 g/mol. The molecule has 0 bridgehead atoms. The number of nitrogens with one attached hydrogen (secondary N) is 1. The third-order valence-electron chi connectivity index (χ3n) is 2.84. The van der Waals surface area contributed by atoms with Gasteiger partial charge in [0.2, 0.25) is 0 Å². The molecule has 0 radical (unpaired) electrons. The fourth-order valence-electron chi connectivity index (χ4n) is 1.87. The highest BCUT2D eigenvalue weighted by Crippen LogP contribution is 2.20. The molecule has 104 valence electrons. The van der Waals surface area contributed by atoms with Crippen molar-refractivity contribution in [1.29, 1.82) is 0 Å². The molecule has 0 heterocycles. The minimum absolute atomic E-state index is 0.250. The van der Waals surface area contributed by atoms with E-state index in [1.807, 2.05) is 24.3 Å². The molecule has 0 aromatic heterocycles. The maximum Gasteiger partial charge on any atom is 0.340 e. The molecule has 0 saturated carbocycles. The van der Waals surface area contributed by atoms with Gasteiger partial charge in [-0.1, -0.05) is 18.2 Å². The van der Waals surface area contributed by atoms with Crippen LogP contribution in [0.25, 0.3) is 0 Å². The van der Waals surface area contributed by atoms with Crippen LogP contribution in [-0.2, 0) is 6.54 Å². The Morgan fingerprint density at radius 3 is 2.75 bits per heavy atom. The van der Waals surface area contributed by atoms with Crippen molar-refractivity contribution in [3.8, 4) is 5.75 Å². The van der Waals surface area contributed by atoms with Gasteiger partial charge in [0.1, 0.15) is 17.1 Å². The summed E-state index contributed by atoms with van der Waals surface area (Å²) >= 11 is 0. The van der Waals surface area contributed by atoms with E-state index in [2.05, 4.69) is 5.32 Å². The molecule has 20 heavy (non-hydrogen) atoms. The average Bonchev–Trinajstić information content (AvgIpc) is 2.45. The van der Waals surface area contributed by atoms with Gasteiger partial charge in [-0.2, -0.15) is 0 Å². The van der Waals surface area contributed by atoms with Crippen molar-refractivity contribution in [2.24, 2.45) is 0 Å². The Balaban J connectivity index is 2.18. The molecule has 4 nitrogen and oxygen atoms in total. The van der Waals surface area contributed by atoms with Crippen LogP contribution in [0.2, 0.25) is 0 Å². The van der Waals surface area contributed by atoms with Crippen LogP contribution < -0.4 is 10.1 Å². The van der Waals surface area contributed by atoms with Crippen LogP contribution in [0.3, 0.4) is 0 Å². The van der Waals surface area contributed by atoms with Crippen LogP contribution in [0, 0.1) is 5.82 Å². The van der Waals surface area contributed by atoms with Crippen molar-refractivity contribution < 1.29 is 19.0 Å². The highest BCUT2D eigenvalue weighted by molar-refractivity contribution is 5.94. The second-order valence-corrected chi connectivity index (χ2v) is 4.17. The molecule has 2 rings (SSSR count). The number of anilines is 1. The number of rotatable bonds is 5. The van der Waals surface area contributed by atoms with Gasteiger partial charge in [-0.3, -0.25) is 0 Å². The Bertz CT molecular complexity index is 628. The first kappa shape index (κ1) is 13.9. The lowest BCUT2D eigenvalue weighted by Crippen LogP contribution is -2.08. The van der Waals surface area contributed by atoms with E-state index in [1.165, 1.54) is 12.1 Å². The Morgan fingerprint density at radius 2 is 2.05 bits per heavy atom. The lowest BCUT2D eigenvalue weighted by atomic mass is 10.1. The van der Waals surface area contributed by atoms with E-state index in [-0.39, 0.29) is 11.3 Å². The number of carbonyl (C=O) groups is 1. The summed E-state index contributed by atoms with van der Waals surface area (Å²) < 4.78 is 18.6. The first-order valence-electron chi connectivity index (χ1n) is 6.00. The van der Waals surface area contributed by atoms with E-state index < -0.39 is 11.8 Å². The highest BCUT2D eigenvalue weighted by atomic mass is 19.1. The van der Waals surface area contributed by atoms with Gasteiger partial charge in [-0.05, 0) is 29.8 Å². The van der Waals surface area contributed by atoms with Gasteiger partial charge in [0.25, 0.3) is 0 Å². The quantitative estimate of drug-likeness (QED) is 0.880. The van der Waals surface area contributed by atoms with Gasteiger partial charge in [-0.15, -0.1) is 0 Å². The molecule has 2 N–H and O–H groups in total. The average molecular weight is 275 g/mol. The third kappa shape index (κ3) is 3.06. The Hall–Kier alpha value is -2.56. The van der Waals surface area contributed by atoms with Gasteiger partial charge in [0, 0.05) is 6.54 Å². The van der Waals surface area contributed by atoms with Gasteiger partial charge >= 0.3 is 5.97 Å². The molecule has 0 saturated heterocycles. The second-order valence-electron chi connectivity index (χ2n) is 4.17. The van der Waals surface area contributed by atoms with Crippen LogP contribution >= 0.6 is 0 Å². The number of carboxylic acids is 1. The number of aromatic carboxylic acids is 1. The van der Waals surface area contributed by atoms with Gasteiger partial charge < -0.3 is 15.2 Å². The normalized spacial score (nSPS) is 10.1. The van der Waals surface area contributed by atoms with Crippen molar-refractivity contribution in [3.63, 3.8) is 0 Å². The predicted octanol–water partition coefficient (Wildman–Crippen LogP) is 3.14. The number of carboxylic acid groups (broad SMARTS) is 1. The summed E-state index contributed by atoms with van der Waals surface area (Å²) in [5.74, 6) is -1.34. The molecule has 0 aliphatic rings. The predicted molar refractivity (Wildman–Crippen MR) is 73.7 cm³/mol. The van der Waals surface area contributed by atoms with E-state index in [0.717, 1.165) is 11.6 Å². The fraction of sp³-hybridized carbons (Fsp3) is 0.133. The second kappa shape index (κ2) is 6.06. The largest absolute Gasteiger partial charge is 0.497 e. The third-order valence-corrected chi connectivity index (χ3v) is 2.84. The van der Waals surface area contributed by atoms with E-state index >= 15 is 0 Å². The van der Waals surface area contributed by atoms with E-state index in [0.29, 0.717) is 12.3 Å². The molecule has 0 unspecified atom stereocenters. The molecule has 2 aromatic rings. The SMILES string of the molecule is COc1cccc(CNc2cccc(F)c2C(=O)O)c1. The minimum Gasteiger partial charge on any atom is -0.497 e. The van der Waals surface area contributed by atoms with Crippen molar-refractivity contribution in [2.75, 3.05) is 12.4 Å².